The van der Waals surface area contributed by atoms with E-state index in [9.17, 15) is 13.2 Å². The molecule has 0 atom stereocenters. The lowest BCUT2D eigenvalue weighted by molar-refractivity contribution is -0.119. The zero-order chi connectivity index (χ0) is 13.1. The zero-order valence-electron chi connectivity index (χ0n) is 10.2. The number of rotatable bonds is 5. The van der Waals surface area contributed by atoms with E-state index in [2.05, 4.69) is 10.0 Å². The molecule has 1 heterocycles. The second-order valence-corrected chi connectivity index (χ2v) is 6.45. The van der Waals surface area contributed by atoms with Gasteiger partial charge in [0.25, 0.3) is 10.2 Å². The van der Waals surface area contributed by atoms with Crippen molar-refractivity contribution in [1.29, 1.82) is 0 Å². The molecule has 1 rings (SSSR count). The van der Waals surface area contributed by atoms with E-state index in [-0.39, 0.29) is 6.42 Å². The lowest BCUT2D eigenvalue weighted by Crippen LogP contribution is -2.55. The van der Waals surface area contributed by atoms with Gasteiger partial charge < -0.3 is 11.1 Å². The molecule has 7 nitrogen and oxygen atoms in total. The van der Waals surface area contributed by atoms with Gasteiger partial charge in [0.1, 0.15) is 0 Å². The molecule has 0 aromatic rings. The summed E-state index contributed by atoms with van der Waals surface area (Å²) in [5, 5.41) is 3.07. The first-order valence-corrected chi connectivity index (χ1v) is 6.95. The average Bonchev–Trinajstić information content (AvgIpc) is 2.15. The van der Waals surface area contributed by atoms with Crippen molar-refractivity contribution in [2.24, 2.45) is 5.73 Å². The van der Waals surface area contributed by atoms with Crippen molar-refractivity contribution in [3.63, 3.8) is 0 Å². The summed E-state index contributed by atoms with van der Waals surface area (Å²) >= 11 is 0. The monoisotopic (exact) mass is 264 g/mol. The van der Waals surface area contributed by atoms with Crippen LogP contribution in [0.1, 0.15) is 20.3 Å². The van der Waals surface area contributed by atoms with Gasteiger partial charge in [0, 0.05) is 38.1 Å². The normalized spacial score (nSPS) is 19.2. The standard InChI is InChI=1S/C9H20N4O3S/c1-9(2,7-8(10)14)12-17(15,16)13-5-3-11-4-6-13/h11-12H,3-7H2,1-2H3,(H2,10,14). The molecule has 0 spiro atoms. The Morgan fingerprint density at radius 1 is 1.41 bits per heavy atom. The van der Waals surface area contributed by atoms with Crippen LogP contribution in [0.25, 0.3) is 0 Å². The molecule has 0 unspecified atom stereocenters. The van der Waals surface area contributed by atoms with E-state index in [0.29, 0.717) is 26.2 Å². The maximum atomic E-state index is 12.0. The van der Waals surface area contributed by atoms with Crippen molar-refractivity contribution >= 4 is 16.1 Å². The smallest absolute Gasteiger partial charge is 0.280 e. The van der Waals surface area contributed by atoms with Gasteiger partial charge in [-0.2, -0.15) is 17.4 Å². The van der Waals surface area contributed by atoms with Crippen molar-refractivity contribution in [3.8, 4) is 0 Å². The summed E-state index contributed by atoms with van der Waals surface area (Å²) in [5.41, 5.74) is 4.21. The van der Waals surface area contributed by atoms with Crippen LogP contribution in [-0.2, 0) is 15.0 Å². The van der Waals surface area contributed by atoms with Crippen molar-refractivity contribution in [2.75, 3.05) is 26.2 Å². The Labute approximate surface area is 102 Å². The van der Waals surface area contributed by atoms with Crippen LogP contribution >= 0.6 is 0 Å². The van der Waals surface area contributed by atoms with Crippen molar-refractivity contribution < 1.29 is 13.2 Å². The quantitative estimate of drug-likeness (QED) is 0.555. The predicted molar refractivity (Wildman–Crippen MR) is 64.4 cm³/mol. The molecular weight excluding hydrogens is 244 g/mol. The van der Waals surface area contributed by atoms with E-state index in [1.165, 1.54) is 4.31 Å². The van der Waals surface area contributed by atoms with Gasteiger partial charge in [-0.1, -0.05) is 0 Å². The second kappa shape index (κ2) is 5.30. The molecule has 8 heteroatoms. The number of nitrogens with zero attached hydrogens (tertiary/aromatic N) is 1. The maximum Gasteiger partial charge on any atom is 0.280 e. The second-order valence-electron chi connectivity index (χ2n) is 4.78. The highest BCUT2D eigenvalue weighted by molar-refractivity contribution is 7.87. The first kappa shape index (κ1) is 14.4. The van der Waals surface area contributed by atoms with E-state index in [1.54, 1.807) is 13.8 Å². The molecule has 4 N–H and O–H groups in total. The number of hydrogen-bond acceptors (Lipinski definition) is 4. The lowest BCUT2D eigenvalue weighted by Gasteiger charge is -2.31. The van der Waals surface area contributed by atoms with E-state index < -0.39 is 21.7 Å². The maximum absolute atomic E-state index is 12.0. The van der Waals surface area contributed by atoms with Gasteiger partial charge in [-0.3, -0.25) is 4.79 Å². The third-order valence-corrected chi connectivity index (χ3v) is 4.29. The van der Waals surface area contributed by atoms with E-state index in [0.717, 1.165) is 0 Å². The summed E-state index contributed by atoms with van der Waals surface area (Å²) in [4.78, 5) is 10.8. The fourth-order valence-electron chi connectivity index (χ4n) is 1.77. The largest absolute Gasteiger partial charge is 0.370 e. The molecule has 0 aromatic carbocycles. The molecule has 17 heavy (non-hydrogen) atoms. The van der Waals surface area contributed by atoms with E-state index in [4.69, 9.17) is 5.73 Å². The number of amides is 1. The number of carbonyl (C=O) groups is 1. The number of primary amides is 1. The molecular formula is C9H20N4O3S. The SMILES string of the molecule is CC(C)(CC(N)=O)NS(=O)(=O)N1CCNCC1. The molecule has 1 saturated heterocycles. The minimum absolute atomic E-state index is 0.0294. The van der Waals surface area contributed by atoms with Gasteiger partial charge in [-0.05, 0) is 13.8 Å². The fourth-order valence-corrected chi connectivity index (χ4v) is 3.33. The first-order valence-electron chi connectivity index (χ1n) is 5.51. The van der Waals surface area contributed by atoms with Crippen molar-refractivity contribution in [2.45, 2.75) is 25.8 Å². The number of nitrogens with two attached hydrogens (primary N) is 1. The summed E-state index contributed by atoms with van der Waals surface area (Å²) in [6.45, 7) is 5.41. The first-order chi connectivity index (χ1) is 7.73. The molecule has 1 aliphatic heterocycles. The number of piperazine rings is 1. The Hall–Kier alpha value is -0.700. The number of hydrogen-bond donors (Lipinski definition) is 3. The summed E-state index contributed by atoms with van der Waals surface area (Å²) in [6, 6.07) is 0. The van der Waals surface area contributed by atoms with Crippen molar-refractivity contribution in [1.82, 2.24) is 14.3 Å². The van der Waals surface area contributed by atoms with Crippen LogP contribution in [0.5, 0.6) is 0 Å². The predicted octanol–water partition coefficient (Wildman–Crippen LogP) is -1.62. The van der Waals surface area contributed by atoms with Crippen LogP contribution in [-0.4, -0.2) is 50.3 Å². The molecule has 100 valence electrons. The minimum atomic E-state index is -3.55. The Bertz CT molecular complexity index is 374. The van der Waals surface area contributed by atoms with Crippen LogP contribution in [0.4, 0.5) is 0 Å². The van der Waals surface area contributed by atoms with Gasteiger partial charge in [-0.25, -0.2) is 0 Å². The van der Waals surface area contributed by atoms with Crippen LogP contribution in [0.3, 0.4) is 0 Å². The Kier molecular flexibility index (Phi) is 4.48. The lowest BCUT2D eigenvalue weighted by atomic mass is 10.0. The molecule has 0 aromatic heterocycles. The highest BCUT2D eigenvalue weighted by atomic mass is 32.2. The molecule has 1 amide bonds. The van der Waals surface area contributed by atoms with Crippen LogP contribution in [0.15, 0.2) is 0 Å². The number of nitrogens with one attached hydrogen (secondary N) is 2. The molecule has 0 saturated carbocycles. The molecule has 0 aliphatic carbocycles. The Balaban J connectivity index is 2.67. The van der Waals surface area contributed by atoms with Crippen LogP contribution < -0.4 is 15.8 Å². The molecule has 0 radical (unpaired) electrons. The van der Waals surface area contributed by atoms with Crippen LogP contribution in [0, 0.1) is 0 Å². The highest BCUT2D eigenvalue weighted by Crippen LogP contribution is 2.12. The average molecular weight is 264 g/mol. The summed E-state index contributed by atoms with van der Waals surface area (Å²) in [6.07, 6.45) is -0.0294. The topological polar surface area (TPSA) is 105 Å². The third-order valence-electron chi connectivity index (χ3n) is 2.44. The van der Waals surface area contributed by atoms with Crippen molar-refractivity contribution in [3.05, 3.63) is 0 Å². The van der Waals surface area contributed by atoms with Gasteiger partial charge in [0.2, 0.25) is 5.91 Å². The van der Waals surface area contributed by atoms with Gasteiger partial charge in [-0.15, -0.1) is 0 Å². The minimum Gasteiger partial charge on any atom is -0.370 e. The fraction of sp³-hybridized carbons (Fsp3) is 0.889. The van der Waals surface area contributed by atoms with E-state index >= 15 is 0 Å². The molecule has 1 fully saturated rings. The van der Waals surface area contributed by atoms with Gasteiger partial charge >= 0.3 is 0 Å². The van der Waals surface area contributed by atoms with Gasteiger partial charge in [0.05, 0.1) is 0 Å². The van der Waals surface area contributed by atoms with Crippen LogP contribution in [0.2, 0.25) is 0 Å². The molecule has 0 bridgehead atoms. The summed E-state index contributed by atoms with van der Waals surface area (Å²) < 4.78 is 27.9. The van der Waals surface area contributed by atoms with Gasteiger partial charge in [0.15, 0.2) is 0 Å². The highest BCUT2D eigenvalue weighted by Gasteiger charge is 2.31. The Morgan fingerprint density at radius 2 is 1.94 bits per heavy atom. The van der Waals surface area contributed by atoms with E-state index in [1.807, 2.05) is 0 Å². The number of carbonyl (C=O) groups excluding carboxylic acids is 1. The summed E-state index contributed by atoms with van der Waals surface area (Å²) in [5.74, 6) is -0.530. The third kappa shape index (κ3) is 4.58. The summed E-state index contributed by atoms with van der Waals surface area (Å²) in [7, 11) is -3.55. The molecule has 1 aliphatic rings. The Morgan fingerprint density at radius 3 is 2.41 bits per heavy atom. The zero-order valence-corrected chi connectivity index (χ0v) is 11.0.